The predicted octanol–water partition coefficient (Wildman–Crippen LogP) is 4.79. The van der Waals surface area contributed by atoms with Crippen molar-refractivity contribution in [2.24, 2.45) is 23.5 Å². The van der Waals surface area contributed by atoms with Crippen LogP contribution in [0.2, 0.25) is 0 Å². The van der Waals surface area contributed by atoms with Crippen LogP contribution in [0.4, 0.5) is 13.2 Å². The van der Waals surface area contributed by atoms with E-state index in [1.54, 1.807) is 0 Å². The number of nitrogens with two attached hydrogens (primary N) is 1. The highest BCUT2D eigenvalue weighted by atomic mass is 35.5. The SMILES string of the molecule is CC(C)[C@@H]1CC[C@@H](C)C[C@H]1OC(=O)CC(N)Cc1cc(F)c(F)cc1F.Cl. The average molecular weight is 408 g/mol. The van der Waals surface area contributed by atoms with Crippen LogP contribution in [0.25, 0.3) is 0 Å². The third-order valence-electron chi connectivity index (χ3n) is 5.24. The molecule has 27 heavy (non-hydrogen) atoms. The molecular formula is C20H29ClF3NO2. The standard InChI is InChI=1S/C20H28F3NO2.ClH/c1-11(2)15-5-4-12(3)6-19(15)26-20(25)9-14(24)7-13-8-17(22)18(23)10-16(13)21;/h8,10-12,14-15,19H,4-7,9,24H2,1-3H3;1H/t12-,14?,15+,19-;/m1./s1. The Morgan fingerprint density at radius 2 is 1.81 bits per heavy atom. The molecule has 1 aliphatic carbocycles. The lowest BCUT2D eigenvalue weighted by Crippen LogP contribution is -2.37. The summed E-state index contributed by atoms with van der Waals surface area (Å²) in [6.07, 6.45) is 2.72. The van der Waals surface area contributed by atoms with Crippen LogP contribution in [0.3, 0.4) is 0 Å². The van der Waals surface area contributed by atoms with Crippen LogP contribution in [0.1, 0.15) is 52.0 Å². The molecule has 3 nitrogen and oxygen atoms in total. The molecule has 154 valence electrons. The second kappa shape index (κ2) is 10.3. The molecule has 2 N–H and O–H groups in total. The van der Waals surface area contributed by atoms with Gasteiger partial charge in [0, 0.05) is 12.1 Å². The monoisotopic (exact) mass is 407 g/mol. The maximum atomic E-state index is 13.7. The minimum absolute atomic E-state index is 0. The summed E-state index contributed by atoms with van der Waals surface area (Å²) in [7, 11) is 0. The average Bonchev–Trinajstić information content (AvgIpc) is 2.52. The first-order valence-electron chi connectivity index (χ1n) is 9.25. The highest BCUT2D eigenvalue weighted by Gasteiger charge is 2.33. The third kappa shape index (κ3) is 6.68. The smallest absolute Gasteiger partial charge is 0.307 e. The fraction of sp³-hybridized carbons (Fsp3) is 0.650. The molecule has 4 atom stereocenters. The van der Waals surface area contributed by atoms with Gasteiger partial charge in [-0.3, -0.25) is 4.79 Å². The van der Waals surface area contributed by atoms with Gasteiger partial charge in [-0.2, -0.15) is 0 Å². The lowest BCUT2D eigenvalue weighted by molar-refractivity contribution is -0.156. The maximum Gasteiger partial charge on any atom is 0.307 e. The number of hydrogen-bond acceptors (Lipinski definition) is 3. The minimum Gasteiger partial charge on any atom is -0.462 e. The third-order valence-corrected chi connectivity index (χ3v) is 5.24. The number of benzene rings is 1. The fourth-order valence-electron chi connectivity index (χ4n) is 3.76. The molecule has 2 rings (SSSR count). The Labute approximate surface area is 165 Å². The van der Waals surface area contributed by atoms with E-state index in [0.29, 0.717) is 23.8 Å². The molecule has 0 aliphatic heterocycles. The van der Waals surface area contributed by atoms with E-state index >= 15 is 0 Å². The van der Waals surface area contributed by atoms with Gasteiger partial charge in [0.15, 0.2) is 11.6 Å². The summed E-state index contributed by atoms with van der Waals surface area (Å²) in [5.74, 6) is -2.41. The lowest BCUT2D eigenvalue weighted by Gasteiger charge is -2.36. The first-order valence-corrected chi connectivity index (χ1v) is 9.25. The van der Waals surface area contributed by atoms with Gasteiger partial charge in [0.2, 0.25) is 0 Å². The summed E-state index contributed by atoms with van der Waals surface area (Å²) in [4.78, 5) is 12.3. The summed E-state index contributed by atoms with van der Waals surface area (Å²) >= 11 is 0. The van der Waals surface area contributed by atoms with E-state index in [9.17, 15) is 18.0 Å². The molecule has 0 radical (unpaired) electrons. The number of esters is 1. The summed E-state index contributed by atoms with van der Waals surface area (Å²) in [6.45, 7) is 6.40. The summed E-state index contributed by atoms with van der Waals surface area (Å²) in [5.41, 5.74) is 5.86. The molecule has 1 aliphatic rings. The topological polar surface area (TPSA) is 52.3 Å². The van der Waals surface area contributed by atoms with Gasteiger partial charge in [-0.15, -0.1) is 12.4 Å². The molecule has 0 aromatic heterocycles. The molecule has 1 saturated carbocycles. The van der Waals surface area contributed by atoms with Crippen molar-refractivity contribution in [2.75, 3.05) is 0 Å². The summed E-state index contributed by atoms with van der Waals surface area (Å²) in [5, 5.41) is 0. The van der Waals surface area contributed by atoms with Gasteiger partial charge in [-0.1, -0.05) is 27.2 Å². The lowest BCUT2D eigenvalue weighted by atomic mass is 9.75. The fourth-order valence-corrected chi connectivity index (χ4v) is 3.76. The normalized spacial score (nSPS) is 23.6. The Bertz CT molecular complexity index is 642. The van der Waals surface area contributed by atoms with Crippen molar-refractivity contribution in [2.45, 2.75) is 65.0 Å². The Kier molecular flexibility index (Phi) is 9.09. The number of rotatable bonds is 6. The second-order valence-corrected chi connectivity index (χ2v) is 7.88. The molecule has 0 heterocycles. The van der Waals surface area contributed by atoms with Crippen molar-refractivity contribution in [3.63, 3.8) is 0 Å². The maximum absolute atomic E-state index is 13.7. The molecule has 1 unspecified atom stereocenters. The number of halogens is 4. The van der Waals surface area contributed by atoms with Crippen LogP contribution in [0.15, 0.2) is 12.1 Å². The van der Waals surface area contributed by atoms with Gasteiger partial charge in [0.25, 0.3) is 0 Å². The van der Waals surface area contributed by atoms with Crippen molar-refractivity contribution in [3.8, 4) is 0 Å². The predicted molar refractivity (Wildman–Crippen MR) is 101 cm³/mol. The van der Waals surface area contributed by atoms with E-state index in [-0.39, 0.29) is 36.9 Å². The van der Waals surface area contributed by atoms with Gasteiger partial charge >= 0.3 is 5.97 Å². The van der Waals surface area contributed by atoms with E-state index < -0.39 is 29.5 Å². The zero-order chi connectivity index (χ0) is 19.4. The number of carbonyl (C=O) groups is 1. The molecule has 0 saturated heterocycles. The first kappa shape index (κ1) is 23.8. The van der Waals surface area contributed by atoms with Gasteiger partial charge < -0.3 is 10.5 Å². The minimum atomic E-state index is -1.25. The number of ether oxygens (including phenoxy) is 1. The zero-order valence-electron chi connectivity index (χ0n) is 16.0. The Morgan fingerprint density at radius 3 is 2.44 bits per heavy atom. The van der Waals surface area contributed by atoms with E-state index in [1.807, 2.05) is 0 Å². The molecule has 1 fully saturated rings. The van der Waals surface area contributed by atoms with Gasteiger partial charge in [0.05, 0.1) is 6.42 Å². The molecule has 1 aromatic rings. The Balaban J connectivity index is 0.00000364. The van der Waals surface area contributed by atoms with Crippen molar-refractivity contribution in [1.82, 2.24) is 0 Å². The van der Waals surface area contributed by atoms with Crippen molar-refractivity contribution >= 4 is 18.4 Å². The van der Waals surface area contributed by atoms with Crippen LogP contribution in [0, 0.1) is 35.2 Å². The van der Waals surface area contributed by atoms with Crippen molar-refractivity contribution in [3.05, 3.63) is 35.1 Å². The van der Waals surface area contributed by atoms with Gasteiger partial charge in [-0.05, 0) is 48.6 Å². The zero-order valence-corrected chi connectivity index (χ0v) is 16.8. The molecule has 1 aromatic carbocycles. The van der Waals surface area contributed by atoms with Crippen molar-refractivity contribution in [1.29, 1.82) is 0 Å². The van der Waals surface area contributed by atoms with Crippen molar-refractivity contribution < 1.29 is 22.7 Å². The highest BCUT2D eigenvalue weighted by Crippen LogP contribution is 2.35. The largest absolute Gasteiger partial charge is 0.462 e. The summed E-state index contributed by atoms with van der Waals surface area (Å²) in [6, 6.07) is 0.556. The van der Waals surface area contributed by atoms with E-state index in [4.69, 9.17) is 10.5 Å². The highest BCUT2D eigenvalue weighted by molar-refractivity contribution is 5.85. The Hall–Kier alpha value is -1.27. The van der Waals surface area contributed by atoms with E-state index in [0.717, 1.165) is 25.3 Å². The quantitative estimate of drug-likeness (QED) is 0.545. The van der Waals surface area contributed by atoms with Crippen LogP contribution in [-0.4, -0.2) is 18.1 Å². The Morgan fingerprint density at radius 1 is 1.19 bits per heavy atom. The van der Waals surface area contributed by atoms with Crippen LogP contribution < -0.4 is 5.73 Å². The molecule has 0 spiro atoms. The molecule has 0 bridgehead atoms. The molecule has 7 heteroatoms. The van der Waals surface area contributed by atoms with Crippen LogP contribution in [-0.2, 0) is 16.0 Å². The van der Waals surface area contributed by atoms with E-state index in [2.05, 4.69) is 20.8 Å². The summed E-state index contributed by atoms with van der Waals surface area (Å²) < 4.78 is 45.6. The number of carbonyl (C=O) groups excluding carboxylic acids is 1. The van der Waals surface area contributed by atoms with E-state index in [1.165, 1.54) is 0 Å². The van der Waals surface area contributed by atoms with Crippen LogP contribution >= 0.6 is 12.4 Å². The molecule has 0 amide bonds. The van der Waals surface area contributed by atoms with Gasteiger partial charge in [-0.25, -0.2) is 13.2 Å². The second-order valence-electron chi connectivity index (χ2n) is 7.88. The first-order chi connectivity index (χ1) is 12.2. The van der Waals surface area contributed by atoms with Crippen LogP contribution in [0.5, 0.6) is 0 Å². The molecular weight excluding hydrogens is 379 g/mol. The number of hydrogen-bond donors (Lipinski definition) is 1. The van der Waals surface area contributed by atoms with Gasteiger partial charge in [0.1, 0.15) is 11.9 Å².